The topological polar surface area (TPSA) is 44.8 Å². The highest BCUT2D eigenvalue weighted by Crippen LogP contribution is 2.24. The molecule has 1 N–H and O–H groups in total. The molecule has 3 aliphatic heterocycles. The number of aryl methyl sites for hydroxylation is 1. The molecule has 1 atom stereocenters. The molecule has 1 amide bonds. The molecular weight excluding hydrogens is 362 g/mol. The first kappa shape index (κ1) is 20.8. The summed E-state index contributed by atoms with van der Waals surface area (Å²) < 4.78 is 5.37. The van der Waals surface area contributed by atoms with Crippen molar-refractivity contribution in [3.63, 3.8) is 0 Å². The van der Waals surface area contributed by atoms with Crippen molar-refractivity contribution in [2.75, 3.05) is 45.9 Å². The zero-order valence-electron chi connectivity index (χ0n) is 17.7. The van der Waals surface area contributed by atoms with Crippen molar-refractivity contribution in [1.82, 2.24) is 15.1 Å². The molecule has 1 aromatic rings. The summed E-state index contributed by atoms with van der Waals surface area (Å²) in [6.07, 6.45) is 7.98. The quantitative estimate of drug-likeness (QED) is 0.766. The maximum Gasteiger partial charge on any atom is 0.223 e. The van der Waals surface area contributed by atoms with Gasteiger partial charge in [0, 0.05) is 18.6 Å². The molecule has 29 heavy (non-hydrogen) atoms. The van der Waals surface area contributed by atoms with Crippen molar-refractivity contribution in [2.45, 2.75) is 57.0 Å². The standard InChI is InChI=1S/C24H37N3O2/c28-24(25-22-12-18-29-19-22)21-8-16-27(17-9-21)23-10-14-26(15-11-23)13-4-7-20-5-2-1-3-6-20/h1-3,5-6,21-23H,4,7-19H2,(H,25,28). The first-order valence-electron chi connectivity index (χ1n) is 11.7. The Hall–Kier alpha value is -1.43. The lowest BCUT2D eigenvalue weighted by molar-refractivity contribution is -0.127. The number of amides is 1. The van der Waals surface area contributed by atoms with Gasteiger partial charge in [-0.2, -0.15) is 0 Å². The number of carbonyl (C=O) groups is 1. The van der Waals surface area contributed by atoms with E-state index in [1.165, 1.54) is 50.9 Å². The van der Waals surface area contributed by atoms with Gasteiger partial charge in [-0.25, -0.2) is 0 Å². The van der Waals surface area contributed by atoms with E-state index in [1.54, 1.807) is 0 Å². The molecule has 1 unspecified atom stereocenters. The van der Waals surface area contributed by atoms with E-state index in [2.05, 4.69) is 45.4 Å². The Kier molecular flexibility index (Phi) is 7.58. The highest BCUT2D eigenvalue weighted by Gasteiger charge is 2.31. The van der Waals surface area contributed by atoms with Gasteiger partial charge in [-0.05, 0) is 83.2 Å². The molecule has 5 heteroatoms. The van der Waals surface area contributed by atoms with Crippen LogP contribution >= 0.6 is 0 Å². The number of hydrogen-bond acceptors (Lipinski definition) is 4. The van der Waals surface area contributed by atoms with Gasteiger partial charge in [0.25, 0.3) is 0 Å². The largest absolute Gasteiger partial charge is 0.379 e. The molecule has 0 aromatic heterocycles. The normalized spacial score (nSPS) is 25.3. The van der Waals surface area contributed by atoms with Crippen molar-refractivity contribution < 1.29 is 9.53 Å². The first-order valence-corrected chi connectivity index (χ1v) is 11.7. The summed E-state index contributed by atoms with van der Waals surface area (Å²) in [5.74, 6) is 0.457. The zero-order valence-corrected chi connectivity index (χ0v) is 17.7. The Bertz CT molecular complexity index is 616. The van der Waals surface area contributed by atoms with Gasteiger partial charge >= 0.3 is 0 Å². The van der Waals surface area contributed by atoms with Crippen LogP contribution in [0.2, 0.25) is 0 Å². The number of hydrogen-bond donors (Lipinski definition) is 1. The second-order valence-corrected chi connectivity index (χ2v) is 9.04. The third kappa shape index (κ3) is 6.03. The predicted molar refractivity (Wildman–Crippen MR) is 116 cm³/mol. The van der Waals surface area contributed by atoms with Crippen LogP contribution in [0.5, 0.6) is 0 Å². The summed E-state index contributed by atoms with van der Waals surface area (Å²) in [5, 5.41) is 3.19. The highest BCUT2D eigenvalue weighted by atomic mass is 16.5. The third-order valence-corrected chi connectivity index (χ3v) is 7.03. The van der Waals surface area contributed by atoms with E-state index in [0.29, 0.717) is 12.6 Å². The molecule has 3 aliphatic rings. The number of rotatable bonds is 7. The summed E-state index contributed by atoms with van der Waals surface area (Å²) in [6, 6.07) is 11.8. The molecule has 3 fully saturated rings. The van der Waals surface area contributed by atoms with Gasteiger partial charge in [-0.15, -0.1) is 0 Å². The Morgan fingerprint density at radius 2 is 1.76 bits per heavy atom. The van der Waals surface area contributed by atoms with Gasteiger partial charge in [0.15, 0.2) is 0 Å². The van der Waals surface area contributed by atoms with Crippen molar-refractivity contribution in [2.24, 2.45) is 5.92 Å². The molecule has 4 rings (SSSR count). The van der Waals surface area contributed by atoms with Gasteiger partial charge in [-0.3, -0.25) is 4.79 Å². The van der Waals surface area contributed by atoms with Crippen LogP contribution in [-0.2, 0) is 16.0 Å². The van der Waals surface area contributed by atoms with Crippen LogP contribution < -0.4 is 5.32 Å². The van der Waals surface area contributed by atoms with Gasteiger partial charge in [0.1, 0.15) is 0 Å². The van der Waals surface area contributed by atoms with Crippen LogP contribution in [-0.4, -0.2) is 73.7 Å². The highest BCUT2D eigenvalue weighted by molar-refractivity contribution is 5.79. The van der Waals surface area contributed by atoms with E-state index in [0.717, 1.165) is 39.0 Å². The van der Waals surface area contributed by atoms with Crippen molar-refractivity contribution >= 4 is 5.91 Å². The van der Waals surface area contributed by atoms with Crippen molar-refractivity contribution in [3.05, 3.63) is 35.9 Å². The molecule has 0 bridgehead atoms. The molecule has 3 saturated heterocycles. The Labute approximate surface area is 175 Å². The molecule has 5 nitrogen and oxygen atoms in total. The number of benzene rings is 1. The van der Waals surface area contributed by atoms with E-state index < -0.39 is 0 Å². The summed E-state index contributed by atoms with van der Waals surface area (Å²) in [4.78, 5) is 17.8. The predicted octanol–water partition coefficient (Wildman–Crippen LogP) is 2.70. The molecule has 0 spiro atoms. The van der Waals surface area contributed by atoms with Crippen molar-refractivity contribution in [3.8, 4) is 0 Å². The summed E-state index contributed by atoms with van der Waals surface area (Å²) in [7, 11) is 0. The average Bonchev–Trinajstić information content (AvgIpc) is 3.28. The van der Waals surface area contributed by atoms with E-state index in [9.17, 15) is 4.79 Å². The number of nitrogens with one attached hydrogen (secondary N) is 1. The lowest BCUT2D eigenvalue weighted by Gasteiger charge is -2.41. The fourth-order valence-electron chi connectivity index (χ4n) is 5.15. The molecule has 160 valence electrons. The van der Waals surface area contributed by atoms with Crippen LogP contribution in [0.1, 0.15) is 44.1 Å². The van der Waals surface area contributed by atoms with Gasteiger partial charge in [0.05, 0.1) is 12.6 Å². The van der Waals surface area contributed by atoms with Gasteiger partial charge < -0.3 is 19.9 Å². The average molecular weight is 400 g/mol. The molecule has 0 radical (unpaired) electrons. The Morgan fingerprint density at radius 3 is 2.45 bits per heavy atom. The number of likely N-dealkylation sites (tertiary alicyclic amines) is 2. The number of carbonyl (C=O) groups excluding carboxylic acids is 1. The first-order chi connectivity index (χ1) is 14.3. The fourth-order valence-corrected chi connectivity index (χ4v) is 5.15. The maximum absolute atomic E-state index is 12.5. The van der Waals surface area contributed by atoms with Crippen LogP contribution in [0.3, 0.4) is 0 Å². The maximum atomic E-state index is 12.5. The third-order valence-electron chi connectivity index (χ3n) is 7.03. The zero-order chi connectivity index (χ0) is 19.9. The monoisotopic (exact) mass is 399 g/mol. The number of piperidine rings is 2. The molecule has 3 heterocycles. The minimum absolute atomic E-state index is 0.199. The van der Waals surface area contributed by atoms with Crippen LogP contribution in [0, 0.1) is 5.92 Å². The fraction of sp³-hybridized carbons (Fsp3) is 0.708. The molecule has 1 aromatic carbocycles. The van der Waals surface area contributed by atoms with Crippen LogP contribution in [0.4, 0.5) is 0 Å². The van der Waals surface area contributed by atoms with E-state index in [-0.39, 0.29) is 17.9 Å². The lowest BCUT2D eigenvalue weighted by Crippen LogP contribution is -2.50. The Morgan fingerprint density at radius 1 is 1.00 bits per heavy atom. The van der Waals surface area contributed by atoms with E-state index >= 15 is 0 Å². The minimum Gasteiger partial charge on any atom is -0.379 e. The van der Waals surface area contributed by atoms with Crippen LogP contribution in [0.15, 0.2) is 30.3 Å². The number of nitrogens with zero attached hydrogens (tertiary/aromatic N) is 2. The summed E-state index contributed by atoms with van der Waals surface area (Å²) in [5.41, 5.74) is 1.45. The molecular formula is C24H37N3O2. The lowest BCUT2D eigenvalue weighted by atomic mass is 9.92. The van der Waals surface area contributed by atoms with Gasteiger partial charge in [0.2, 0.25) is 5.91 Å². The van der Waals surface area contributed by atoms with E-state index in [1.807, 2.05) is 0 Å². The van der Waals surface area contributed by atoms with E-state index in [4.69, 9.17) is 4.74 Å². The second kappa shape index (κ2) is 10.6. The second-order valence-electron chi connectivity index (χ2n) is 9.04. The van der Waals surface area contributed by atoms with Gasteiger partial charge in [-0.1, -0.05) is 30.3 Å². The summed E-state index contributed by atoms with van der Waals surface area (Å²) >= 11 is 0. The molecule has 0 aliphatic carbocycles. The molecule has 0 saturated carbocycles. The Balaban J connectivity index is 1.11. The number of ether oxygens (including phenoxy) is 1. The smallest absolute Gasteiger partial charge is 0.223 e. The SMILES string of the molecule is O=C(NC1CCOC1)C1CCN(C2CCN(CCCc3ccccc3)CC2)CC1. The minimum atomic E-state index is 0.199. The van der Waals surface area contributed by atoms with Crippen LogP contribution in [0.25, 0.3) is 0 Å². The van der Waals surface area contributed by atoms with Crippen molar-refractivity contribution in [1.29, 1.82) is 0 Å². The summed E-state index contributed by atoms with van der Waals surface area (Å²) in [6.45, 7) is 7.30.